The van der Waals surface area contributed by atoms with Crippen LogP contribution in [0.15, 0.2) is 67.0 Å². The molecule has 3 aromatic rings. The Balaban J connectivity index is 1.73. The lowest BCUT2D eigenvalue weighted by molar-refractivity contribution is 0.894. The van der Waals surface area contributed by atoms with E-state index in [1.165, 1.54) is 11.9 Å². The molecule has 0 saturated heterocycles. The minimum absolute atomic E-state index is 0.499. The van der Waals surface area contributed by atoms with E-state index in [-0.39, 0.29) is 0 Å². The monoisotopic (exact) mass is 320 g/mol. The third kappa shape index (κ3) is 3.73. The molecule has 2 aromatic carbocycles. The smallest absolute Gasteiger partial charge is 0.173 e. The molecule has 3 rings (SSSR count). The van der Waals surface area contributed by atoms with Crippen LogP contribution >= 0.6 is 0 Å². The van der Waals surface area contributed by atoms with E-state index in [9.17, 15) is 0 Å². The quantitative estimate of drug-likeness (QED) is 0.606. The van der Waals surface area contributed by atoms with Crippen molar-refractivity contribution in [3.05, 3.63) is 72.6 Å². The van der Waals surface area contributed by atoms with Gasteiger partial charge in [0.2, 0.25) is 0 Å². The van der Waals surface area contributed by atoms with Crippen molar-refractivity contribution in [2.75, 3.05) is 28.5 Å². The second-order valence-electron chi connectivity index (χ2n) is 5.42. The van der Waals surface area contributed by atoms with E-state index in [4.69, 9.17) is 5.73 Å². The van der Waals surface area contributed by atoms with Crippen LogP contribution in [0.5, 0.6) is 0 Å². The van der Waals surface area contributed by atoms with Crippen molar-refractivity contribution < 1.29 is 0 Å². The fourth-order valence-corrected chi connectivity index (χ4v) is 2.38. The summed E-state index contributed by atoms with van der Waals surface area (Å²) in [6.45, 7) is 0.716. The lowest BCUT2D eigenvalue weighted by atomic mass is 10.2. The van der Waals surface area contributed by atoms with Crippen LogP contribution in [0.4, 0.5) is 23.0 Å². The molecular weight excluding hydrogens is 300 g/mol. The predicted molar refractivity (Wildman–Crippen MR) is 98.7 cm³/mol. The maximum atomic E-state index is 6.23. The second-order valence-corrected chi connectivity index (χ2v) is 5.42. The highest BCUT2D eigenvalue weighted by molar-refractivity contribution is 5.75. The van der Waals surface area contributed by atoms with Crippen LogP contribution < -0.4 is 21.5 Å². The number of hydrogen-bond acceptors (Lipinski definition) is 6. The van der Waals surface area contributed by atoms with Gasteiger partial charge in [-0.1, -0.05) is 48.5 Å². The summed E-state index contributed by atoms with van der Waals surface area (Å²) in [4.78, 5) is 10.5. The molecule has 6 heteroatoms. The zero-order valence-electron chi connectivity index (χ0n) is 13.5. The zero-order chi connectivity index (χ0) is 16.8. The molecule has 4 N–H and O–H groups in total. The minimum atomic E-state index is 0.499. The van der Waals surface area contributed by atoms with Gasteiger partial charge in [0.25, 0.3) is 0 Å². The molecule has 6 nitrogen and oxygen atoms in total. The van der Waals surface area contributed by atoms with E-state index in [1.807, 2.05) is 60.5 Å². The van der Waals surface area contributed by atoms with Gasteiger partial charge >= 0.3 is 0 Å². The maximum absolute atomic E-state index is 6.23. The van der Waals surface area contributed by atoms with Crippen molar-refractivity contribution in [1.29, 1.82) is 0 Å². The average Bonchev–Trinajstić information content (AvgIpc) is 2.62. The standard InChI is InChI=1S/C18H20N6/c1-24(12-14-8-4-2-5-9-14)18-16(19)17(20-13-21-18)23-22-15-10-6-3-7-11-15/h2-11,13,22H,12,19H2,1H3,(H,20,21,23). The molecule has 122 valence electrons. The number of nitrogens with two attached hydrogens (primary N) is 1. The Hall–Kier alpha value is -3.28. The molecule has 0 fully saturated rings. The number of hydrazine groups is 1. The van der Waals surface area contributed by atoms with Gasteiger partial charge in [-0.25, -0.2) is 9.97 Å². The normalized spacial score (nSPS) is 10.2. The number of nitrogen functional groups attached to an aromatic ring is 1. The summed E-state index contributed by atoms with van der Waals surface area (Å²) in [7, 11) is 1.96. The molecule has 1 aromatic heterocycles. The second kappa shape index (κ2) is 7.32. The van der Waals surface area contributed by atoms with Crippen molar-refractivity contribution in [3.63, 3.8) is 0 Å². The predicted octanol–water partition coefficient (Wildman–Crippen LogP) is 3.13. The summed E-state index contributed by atoms with van der Waals surface area (Å²) < 4.78 is 0. The van der Waals surface area contributed by atoms with E-state index < -0.39 is 0 Å². The summed E-state index contributed by atoms with van der Waals surface area (Å²) >= 11 is 0. The van der Waals surface area contributed by atoms with Gasteiger partial charge in [-0.2, -0.15) is 0 Å². The summed E-state index contributed by atoms with van der Waals surface area (Å²) in [5.74, 6) is 1.23. The number of hydrogen-bond donors (Lipinski definition) is 3. The van der Waals surface area contributed by atoms with E-state index in [1.54, 1.807) is 0 Å². The van der Waals surface area contributed by atoms with Gasteiger partial charge in [0, 0.05) is 13.6 Å². The molecule has 24 heavy (non-hydrogen) atoms. The van der Waals surface area contributed by atoms with Gasteiger partial charge in [-0.05, 0) is 17.7 Å². The van der Waals surface area contributed by atoms with Crippen molar-refractivity contribution in [1.82, 2.24) is 9.97 Å². The molecular formula is C18H20N6. The number of nitrogens with zero attached hydrogens (tertiary/aromatic N) is 3. The van der Waals surface area contributed by atoms with Crippen molar-refractivity contribution in [2.45, 2.75) is 6.54 Å². The molecule has 0 spiro atoms. The highest BCUT2D eigenvalue weighted by atomic mass is 15.4. The third-order valence-electron chi connectivity index (χ3n) is 3.59. The Bertz CT molecular complexity index is 776. The first-order valence-electron chi connectivity index (χ1n) is 7.66. The van der Waals surface area contributed by atoms with Crippen LogP contribution in [0.1, 0.15) is 5.56 Å². The number of rotatable bonds is 6. The van der Waals surface area contributed by atoms with Crippen molar-refractivity contribution >= 4 is 23.0 Å². The number of aromatic nitrogens is 2. The number of para-hydroxylation sites is 1. The van der Waals surface area contributed by atoms with E-state index in [0.29, 0.717) is 23.9 Å². The lowest BCUT2D eigenvalue weighted by Crippen LogP contribution is -2.21. The number of nitrogens with one attached hydrogen (secondary N) is 2. The largest absolute Gasteiger partial charge is 0.393 e. The van der Waals surface area contributed by atoms with Gasteiger partial charge in [0.15, 0.2) is 11.6 Å². The van der Waals surface area contributed by atoms with Gasteiger partial charge in [0.05, 0.1) is 5.69 Å². The fraction of sp³-hybridized carbons (Fsp3) is 0.111. The van der Waals surface area contributed by atoms with Crippen LogP contribution in [0.25, 0.3) is 0 Å². The average molecular weight is 320 g/mol. The molecule has 0 saturated carbocycles. The minimum Gasteiger partial charge on any atom is -0.393 e. The van der Waals surface area contributed by atoms with E-state index >= 15 is 0 Å². The van der Waals surface area contributed by atoms with Crippen molar-refractivity contribution in [2.24, 2.45) is 0 Å². The van der Waals surface area contributed by atoms with Crippen LogP contribution in [-0.4, -0.2) is 17.0 Å². The molecule has 0 aliphatic rings. The van der Waals surface area contributed by atoms with Crippen LogP contribution in [0.2, 0.25) is 0 Å². The molecule has 0 aliphatic heterocycles. The number of benzene rings is 2. The highest BCUT2D eigenvalue weighted by Gasteiger charge is 2.12. The molecule has 0 aliphatic carbocycles. The van der Waals surface area contributed by atoms with Gasteiger partial charge in [0.1, 0.15) is 12.0 Å². The molecule has 0 atom stereocenters. The van der Waals surface area contributed by atoms with Crippen LogP contribution in [-0.2, 0) is 6.54 Å². The molecule has 0 amide bonds. The van der Waals surface area contributed by atoms with Crippen molar-refractivity contribution in [3.8, 4) is 0 Å². The Kier molecular flexibility index (Phi) is 4.76. The summed E-state index contributed by atoms with van der Waals surface area (Å²) in [5, 5.41) is 0. The first-order valence-corrected chi connectivity index (χ1v) is 7.66. The maximum Gasteiger partial charge on any atom is 0.173 e. The molecule has 1 heterocycles. The molecule has 0 unspecified atom stereocenters. The Labute approximate surface area is 141 Å². The van der Waals surface area contributed by atoms with E-state index in [2.05, 4.69) is 33.0 Å². The summed E-state index contributed by atoms with van der Waals surface area (Å²) in [5.41, 5.74) is 15.0. The van der Waals surface area contributed by atoms with E-state index in [0.717, 1.165) is 5.69 Å². The highest BCUT2D eigenvalue weighted by Crippen LogP contribution is 2.26. The lowest BCUT2D eigenvalue weighted by Gasteiger charge is -2.21. The molecule has 0 radical (unpaired) electrons. The number of anilines is 4. The SMILES string of the molecule is CN(Cc1ccccc1)c1ncnc(NNc2ccccc2)c1N. The van der Waals surface area contributed by atoms with Crippen LogP contribution in [0, 0.1) is 0 Å². The van der Waals surface area contributed by atoms with Gasteiger partial charge < -0.3 is 10.6 Å². The zero-order valence-corrected chi connectivity index (χ0v) is 13.5. The summed E-state index contributed by atoms with van der Waals surface area (Å²) in [6.07, 6.45) is 1.50. The van der Waals surface area contributed by atoms with Gasteiger partial charge in [-0.3, -0.25) is 10.9 Å². The fourth-order valence-electron chi connectivity index (χ4n) is 2.38. The van der Waals surface area contributed by atoms with Crippen LogP contribution in [0.3, 0.4) is 0 Å². The Morgan fingerprint density at radius 1 is 0.917 bits per heavy atom. The Morgan fingerprint density at radius 3 is 2.29 bits per heavy atom. The topological polar surface area (TPSA) is 79.1 Å². The Morgan fingerprint density at radius 2 is 1.58 bits per heavy atom. The summed E-state index contributed by atoms with van der Waals surface area (Å²) in [6, 6.07) is 19.9. The first-order chi connectivity index (χ1) is 11.7. The first kappa shape index (κ1) is 15.6. The van der Waals surface area contributed by atoms with Gasteiger partial charge in [-0.15, -0.1) is 0 Å². The third-order valence-corrected chi connectivity index (χ3v) is 3.59. The molecule has 0 bridgehead atoms.